The molecule has 2 heterocycles. The van der Waals surface area contributed by atoms with Crippen LogP contribution in [0.5, 0.6) is 5.75 Å². The van der Waals surface area contributed by atoms with Gasteiger partial charge in [-0.2, -0.15) is 0 Å². The van der Waals surface area contributed by atoms with Crippen molar-refractivity contribution in [1.82, 2.24) is 19.7 Å². The lowest BCUT2D eigenvalue weighted by Crippen LogP contribution is -2.42. The number of fused-ring (bicyclic) bond motifs is 1. The summed E-state index contributed by atoms with van der Waals surface area (Å²) in [4.78, 5) is 15.1. The van der Waals surface area contributed by atoms with Crippen LogP contribution in [0.3, 0.4) is 0 Å². The fraction of sp³-hybridized carbons (Fsp3) is 0.250. The zero-order chi connectivity index (χ0) is 17.9. The lowest BCUT2D eigenvalue weighted by atomic mass is 10.1. The fourth-order valence-electron chi connectivity index (χ4n) is 3.18. The van der Waals surface area contributed by atoms with E-state index >= 15 is 0 Å². The van der Waals surface area contributed by atoms with Gasteiger partial charge in [-0.1, -0.05) is 48.5 Å². The third kappa shape index (κ3) is 3.18. The number of benzene rings is 2. The molecule has 0 aliphatic carbocycles. The van der Waals surface area contributed by atoms with Gasteiger partial charge in [0.05, 0.1) is 6.54 Å². The highest BCUT2D eigenvalue weighted by Crippen LogP contribution is 2.25. The Kier molecular flexibility index (Phi) is 4.39. The van der Waals surface area contributed by atoms with Gasteiger partial charge in [0.1, 0.15) is 11.6 Å². The van der Waals surface area contributed by atoms with Crippen molar-refractivity contribution in [3.05, 3.63) is 77.9 Å². The Morgan fingerprint density at radius 1 is 1.00 bits per heavy atom. The summed E-state index contributed by atoms with van der Waals surface area (Å²) in [7, 11) is 0. The second-order valence-corrected chi connectivity index (χ2v) is 6.30. The maximum absolute atomic E-state index is 13.3. The van der Waals surface area contributed by atoms with Crippen molar-refractivity contribution in [3.8, 4) is 5.75 Å². The quantitative estimate of drug-likeness (QED) is 0.727. The molecule has 3 aromatic rings. The number of rotatable bonds is 4. The number of carbonyl (C=O) groups excluding carboxylic acids is 1. The van der Waals surface area contributed by atoms with Crippen molar-refractivity contribution >= 4 is 5.91 Å². The number of aryl methyl sites for hydroxylation is 1. The van der Waals surface area contributed by atoms with Gasteiger partial charge in [-0.25, -0.2) is 0 Å². The van der Waals surface area contributed by atoms with Crippen molar-refractivity contribution in [2.24, 2.45) is 0 Å². The second-order valence-electron chi connectivity index (χ2n) is 6.30. The van der Waals surface area contributed by atoms with Crippen LogP contribution in [0.1, 0.15) is 23.3 Å². The average Bonchev–Trinajstić information content (AvgIpc) is 3.07. The molecule has 6 heteroatoms. The van der Waals surface area contributed by atoms with E-state index in [-0.39, 0.29) is 5.91 Å². The van der Waals surface area contributed by atoms with Gasteiger partial charge in [0.25, 0.3) is 5.91 Å². The molecule has 0 N–H and O–H groups in total. The first-order valence-electron chi connectivity index (χ1n) is 8.66. The molecule has 132 valence electrons. The van der Waals surface area contributed by atoms with Gasteiger partial charge in [-0.3, -0.25) is 4.79 Å². The summed E-state index contributed by atoms with van der Waals surface area (Å²) in [5.41, 5.74) is 0.838. The van der Waals surface area contributed by atoms with E-state index in [4.69, 9.17) is 4.74 Å². The van der Waals surface area contributed by atoms with Crippen LogP contribution in [0.15, 0.2) is 60.7 Å². The fourth-order valence-corrected chi connectivity index (χ4v) is 3.18. The van der Waals surface area contributed by atoms with Crippen molar-refractivity contribution in [2.45, 2.75) is 26.1 Å². The Hall–Kier alpha value is -3.15. The smallest absolute Gasteiger partial charge is 0.268 e. The zero-order valence-corrected chi connectivity index (χ0v) is 14.6. The van der Waals surface area contributed by atoms with Crippen LogP contribution in [-0.4, -0.2) is 32.1 Å². The van der Waals surface area contributed by atoms with Crippen LogP contribution in [0.4, 0.5) is 0 Å². The third-order valence-electron chi connectivity index (χ3n) is 4.57. The van der Waals surface area contributed by atoms with Crippen LogP contribution in [0.2, 0.25) is 0 Å². The lowest BCUT2D eigenvalue weighted by molar-refractivity contribution is -0.140. The predicted octanol–water partition coefficient (Wildman–Crippen LogP) is 2.75. The second kappa shape index (κ2) is 7.00. The Morgan fingerprint density at radius 3 is 2.42 bits per heavy atom. The standard InChI is InChI=1S/C20H20N4O2/c1-15-21-22-18-14-23(12-13-24(15)18)20(25)19(16-8-4-2-5-9-16)26-17-10-6-3-7-11-17/h2-11,19H,12-14H2,1H3. The van der Waals surface area contributed by atoms with Gasteiger partial charge < -0.3 is 14.2 Å². The molecule has 1 unspecified atom stereocenters. The molecule has 0 bridgehead atoms. The molecule has 0 fully saturated rings. The van der Waals surface area contributed by atoms with E-state index in [0.29, 0.717) is 25.4 Å². The lowest BCUT2D eigenvalue weighted by Gasteiger charge is -2.31. The molecular weight excluding hydrogens is 328 g/mol. The van der Waals surface area contributed by atoms with E-state index in [1.807, 2.05) is 67.6 Å². The maximum atomic E-state index is 13.3. The van der Waals surface area contributed by atoms with Gasteiger partial charge in [-0.05, 0) is 19.1 Å². The largest absolute Gasteiger partial charge is 0.476 e. The number of carbonyl (C=O) groups is 1. The van der Waals surface area contributed by atoms with Gasteiger partial charge in [0.2, 0.25) is 6.10 Å². The Balaban J connectivity index is 1.60. The molecule has 0 radical (unpaired) electrons. The minimum absolute atomic E-state index is 0.0630. The number of hydrogen-bond donors (Lipinski definition) is 0. The minimum atomic E-state index is -0.686. The number of ether oxygens (including phenoxy) is 1. The summed E-state index contributed by atoms with van der Waals surface area (Å²) < 4.78 is 8.13. The third-order valence-corrected chi connectivity index (χ3v) is 4.57. The normalized spacial score (nSPS) is 14.6. The first-order valence-corrected chi connectivity index (χ1v) is 8.66. The predicted molar refractivity (Wildman–Crippen MR) is 96.4 cm³/mol. The van der Waals surface area contributed by atoms with E-state index in [0.717, 1.165) is 17.2 Å². The van der Waals surface area contributed by atoms with Crippen LogP contribution in [-0.2, 0) is 17.9 Å². The summed E-state index contributed by atoms with van der Waals surface area (Å²) in [6.45, 7) is 3.69. The Bertz CT molecular complexity index is 893. The summed E-state index contributed by atoms with van der Waals surface area (Å²) in [6, 6.07) is 19.0. The summed E-state index contributed by atoms with van der Waals surface area (Å²) in [6.07, 6.45) is -0.686. The van der Waals surface area contributed by atoms with Gasteiger partial charge in [0.15, 0.2) is 5.82 Å². The summed E-state index contributed by atoms with van der Waals surface area (Å²) >= 11 is 0. The first-order chi connectivity index (χ1) is 12.7. The van der Waals surface area contributed by atoms with Crippen LogP contribution < -0.4 is 4.74 Å². The molecule has 1 amide bonds. The van der Waals surface area contributed by atoms with Crippen molar-refractivity contribution in [3.63, 3.8) is 0 Å². The molecule has 1 aliphatic heterocycles. The van der Waals surface area contributed by atoms with E-state index in [1.54, 1.807) is 4.90 Å². The summed E-state index contributed by atoms with van der Waals surface area (Å²) in [5, 5.41) is 8.29. The number of para-hydroxylation sites is 1. The van der Waals surface area contributed by atoms with Crippen molar-refractivity contribution in [1.29, 1.82) is 0 Å². The molecule has 0 saturated heterocycles. The Labute approximate surface area is 152 Å². The number of amides is 1. The van der Waals surface area contributed by atoms with Crippen LogP contribution in [0.25, 0.3) is 0 Å². The van der Waals surface area contributed by atoms with E-state index in [9.17, 15) is 4.79 Å². The Morgan fingerprint density at radius 2 is 1.69 bits per heavy atom. The molecule has 2 aromatic carbocycles. The molecule has 1 aromatic heterocycles. The number of aromatic nitrogens is 3. The van der Waals surface area contributed by atoms with Crippen LogP contribution in [0, 0.1) is 6.92 Å². The highest BCUT2D eigenvalue weighted by Gasteiger charge is 2.31. The molecule has 26 heavy (non-hydrogen) atoms. The molecular formula is C20H20N4O2. The molecule has 0 saturated carbocycles. The SMILES string of the molecule is Cc1nnc2n1CCN(C(=O)C(Oc1ccccc1)c1ccccc1)C2. The average molecular weight is 348 g/mol. The number of nitrogens with zero attached hydrogens (tertiary/aromatic N) is 4. The summed E-state index contributed by atoms with van der Waals surface area (Å²) in [5.74, 6) is 2.30. The van der Waals surface area contributed by atoms with Crippen molar-refractivity contribution < 1.29 is 9.53 Å². The topological polar surface area (TPSA) is 60.2 Å². The van der Waals surface area contributed by atoms with E-state index < -0.39 is 6.10 Å². The van der Waals surface area contributed by atoms with E-state index in [2.05, 4.69) is 14.8 Å². The molecule has 1 aliphatic rings. The monoisotopic (exact) mass is 348 g/mol. The highest BCUT2D eigenvalue weighted by molar-refractivity contribution is 5.82. The molecule has 1 atom stereocenters. The minimum Gasteiger partial charge on any atom is -0.476 e. The van der Waals surface area contributed by atoms with Crippen LogP contribution >= 0.6 is 0 Å². The van der Waals surface area contributed by atoms with Gasteiger partial charge in [0, 0.05) is 18.7 Å². The zero-order valence-electron chi connectivity index (χ0n) is 14.6. The van der Waals surface area contributed by atoms with Gasteiger partial charge in [-0.15, -0.1) is 10.2 Å². The first kappa shape index (κ1) is 16.3. The van der Waals surface area contributed by atoms with E-state index in [1.165, 1.54) is 0 Å². The van der Waals surface area contributed by atoms with Gasteiger partial charge >= 0.3 is 0 Å². The maximum Gasteiger partial charge on any atom is 0.268 e. The van der Waals surface area contributed by atoms with Crippen molar-refractivity contribution in [2.75, 3.05) is 6.54 Å². The molecule has 6 nitrogen and oxygen atoms in total. The highest BCUT2D eigenvalue weighted by atomic mass is 16.5. The molecule has 4 rings (SSSR count). The number of hydrogen-bond acceptors (Lipinski definition) is 4. The molecule has 0 spiro atoms.